The zero-order valence-electron chi connectivity index (χ0n) is 15.6. The summed E-state index contributed by atoms with van der Waals surface area (Å²) < 4.78 is 2.61. The summed E-state index contributed by atoms with van der Waals surface area (Å²) in [5.41, 5.74) is 3.31. The Hall–Kier alpha value is -2.34. The first-order valence-electron chi connectivity index (χ1n) is 8.70. The molecule has 2 aromatic heterocycles. The number of rotatable bonds is 5. The van der Waals surface area contributed by atoms with Gasteiger partial charge >= 0.3 is 5.69 Å². The van der Waals surface area contributed by atoms with Gasteiger partial charge in [0, 0.05) is 30.9 Å². The van der Waals surface area contributed by atoms with Crippen molar-refractivity contribution in [3.8, 4) is 0 Å². The van der Waals surface area contributed by atoms with Crippen LogP contribution in [0, 0.1) is 6.92 Å². The van der Waals surface area contributed by atoms with Gasteiger partial charge < -0.3 is 0 Å². The minimum atomic E-state index is -0.354. The van der Waals surface area contributed by atoms with Crippen molar-refractivity contribution < 1.29 is 0 Å². The number of thioether (sulfide) groups is 1. The molecule has 0 radical (unpaired) electrons. The standard InChI is InChI=1S/C20H23N3O2S/c1-5-6-15-11-21-18-16(19(24)23(4)20(25)22(18)3)17(15)26-12-14-9-7-13(2)8-10-14/h7-11H,5-6,12H2,1-4H3. The van der Waals surface area contributed by atoms with Gasteiger partial charge in [-0.05, 0) is 24.5 Å². The van der Waals surface area contributed by atoms with E-state index in [4.69, 9.17) is 0 Å². The van der Waals surface area contributed by atoms with Crippen molar-refractivity contribution in [2.24, 2.45) is 14.1 Å². The van der Waals surface area contributed by atoms with Crippen LogP contribution in [0.15, 0.2) is 44.9 Å². The lowest BCUT2D eigenvalue weighted by atomic mass is 10.1. The van der Waals surface area contributed by atoms with Gasteiger partial charge in [0.25, 0.3) is 5.56 Å². The average molecular weight is 369 g/mol. The molecule has 0 atom stereocenters. The van der Waals surface area contributed by atoms with Gasteiger partial charge in [-0.2, -0.15) is 0 Å². The van der Waals surface area contributed by atoms with Crippen molar-refractivity contribution in [2.45, 2.75) is 37.3 Å². The van der Waals surface area contributed by atoms with E-state index in [1.54, 1.807) is 18.8 Å². The molecular weight excluding hydrogens is 346 g/mol. The molecule has 2 heterocycles. The fourth-order valence-electron chi connectivity index (χ4n) is 2.99. The SMILES string of the molecule is CCCc1cnc2c(c1SCc1ccc(C)cc1)c(=O)n(C)c(=O)n2C. The fourth-order valence-corrected chi connectivity index (χ4v) is 4.16. The van der Waals surface area contributed by atoms with Crippen molar-refractivity contribution in [1.82, 2.24) is 14.1 Å². The van der Waals surface area contributed by atoms with Gasteiger partial charge in [0.05, 0.1) is 5.39 Å². The van der Waals surface area contributed by atoms with Crippen LogP contribution in [0.2, 0.25) is 0 Å². The maximum atomic E-state index is 12.8. The summed E-state index contributed by atoms with van der Waals surface area (Å²) in [6.45, 7) is 4.17. The predicted octanol–water partition coefficient (Wildman–Crippen LogP) is 3.19. The highest BCUT2D eigenvalue weighted by molar-refractivity contribution is 7.98. The quantitative estimate of drug-likeness (QED) is 0.648. The molecule has 3 aromatic rings. The van der Waals surface area contributed by atoms with Gasteiger partial charge in [-0.25, -0.2) is 9.78 Å². The fraction of sp³-hybridized carbons (Fsp3) is 0.350. The van der Waals surface area contributed by atoms with Crippen LogP contribution in [0.4, 0.5) is 0 Å². The maximum absolute atomic E-state index is 12.8. The Morgan fingerprint density at radius 2 is 1.77 bits per heavy atom. The molecule has 3 rings (SSSR count). The van der Waals surface area contributed by atoms with Crippen LogP contribution in [-0.2, 0) is 26.3 Å². The van der Waals surface area contributed by atoms with Gasteiger partial charge in [-0.3, -0.25) is 13.9 Å². The smallest absolute Gasteiger partial charge is 0.280 e. The second-order valence-corrected chi connectivity index (χ2v) is 7.53. The van der Waals surface area contributed by atoms with Crippen molar-refractivity contribution in [2.75, 3.05) is 0 Å². The second kappa shape index (κ2) is 7.50. The van der Waals surface area contributed by atoms with Crippen LogP contribution < -0.4 is 11.2 Å². The molecule has 6 heteroatoms. The summed E-state index contributed by atoms with van der Waals surface area (Å²) >= 11 is 1.64. The van der Waals surface area contributed by atoms with Gasteiger partial charge in [-0.15, -0.1) is 11.8 Å². The summed E-state index contributed by atoms with van der Waals surface area (Å²) in [6, 6.07) is 8.41. The molecule has 1 aromatic carbocycles. The molecule has 0 N–H and O–H groups in total. The molecule has 0 fully saturated rings. The third kappa shape index (κ3) is 3.33. The predicted molar refractivity (Wildman–Crippen MR) is 107 cm³/mol. The Morgan fingerprint density at radius 3 is 2.42 bits per heavy atom. The van der Waals surface area contributed by atoms with Gasteiger partial charge in [0.1, 0.15) is 5.65 Å². The Morgan fingerprint density at radius 1 is 1.08 bits per heavy atom. The molecule has 0 aliphatic rings. The number of aryl methyl sites for hydroxylation is 3. The van der Waals surface area contributed by atoms with E-state index in [2.05, 4.69) is 43.1 Å². The van der Waals surface area contributed by atoms with Crippen LogP contribution in [0.1, 0.15) is 30.0 Å². The molecule has 136 valence electrons. The number of pyridine rings is 1. The van der Waals surface area contributed by atoms with Crippen molar-refractivity contribution in [3.05, 3.63) is 68.0 Å². The molecule has 0 bridgehead atoms. The largest absolute Gasteiger partial charge is 0.332 e. The molecule has 0 aliphatic heterocycles. The van der Waals surface area contributed by atoms with E-state index in [-0.39, 0.29) is 11.2 Å². The average Bonchev–Trinajstić information content (AvgIpc) is 2.64. The summed E-state index contributed by atoms with van der Waals surface area (Å²) in [4.78, 5) is 30.4. The first kappa shape index (κ1) is 18.5. The van der Waals surface area contributed by atoms with Crippen molar-refractivity contribution >= 4 is 22.8 Å². The molecule has 0 unspecified atom stereocenters. The molecule has 26 heavy (non-hydrogen) atoms. The normalized spacial score (nSPS) is 11.2. The van der Waals surface area contributed by atoms with Gasteiger partial charge in [0.2, 0.25) is 0 Å². The Balaban J connectivity index is 2.16. The lowest BCUT2D eigenvalue weighted by Gasteiger charge is -2.14. The summed E-state index contributed by atoms with van der Waals surface area (Å²) in [7, 11) is 3.18. The second-order valence-electron chi connectivity index (χ2n) is 6.54. The molecule has 0 spiro atoms. The highest BCUT2D eigenvalue weighted by atomic mass is 32.2. The lowest BCUT2D eigenvalue weighted by Crippen LogP contribution is -2.37. The number of hydrogen-bond donors (Lipinski definition) is 0. The van der Waals surface area contributed by atoms with Gasteiger partial charge in [-0.1, -0.05) is 43.2 Å². The number of hydrogen-bond acceptors (Lipinski definition) is 4. The van der Waals surface area contributed by atoms with Crippen LogP contribution >= 0.6 is 11.8 Å². The molecule has 0 saturated carbocycles. The number of fused-ring (bicyclic) bond motifs is 1. The highest BCUT2D eigenvalue weighted by Crippen LogP contribution is 2.31. The maximum Gasteiger partial charge on any atom is 0.332 e. The van der Waals surface area contributed by atoms with E-state index >= 15 is 0 Å². The van der Waals surface area contributed by atoms with Crippen molar-refractivity contribution in [1.29, 1.82) is 0 Å². The first-order chi connectivity index (χ1) is 12.4. The van der Waals surface area contributed by atoms with Crippen molar-refractivity contribution in [3.63, 3.8) is 0 Å². The highest BCUT2D eigenvalue weighted by Gasteiger charge is 2.17. The van der Waals surface area contributed by atoms with E-state index in [9.17, 15) is 9.59 Å². The minimum Gasteiger partial charge on any atom is -0.280 e. The van der Waals surface area contributed by atoms with E-state index in [0.717, 1.165) is 33.6 Å². The lowest BCUT2D eigenvalue weighted by molar-refractivity contribution is 0.704. The van der Waals surface area contributed by atoms with Crippen LogP contribution in [0.25, 0.3) is 11.0 Å². The number of aromatic nitrogens is 3. The summed E-state index contributed by atoms with van der Waals surface area (Å²) in [5, 5.41) is 0.540. The number of nitrogens with zero attached hydrogens (tertiary/aromatic N) is 3. The summed E-state index contributed by atoms with van der Waals surface area (Å²) in [6.07, 6.45) is 3.63. The zero-order chi connectivity index (χ0) is 18.8. The van der Waals surface area contributed by atoms with Crippen LogP contribution in [0.5, 0.6) is 0 Å². The Labute approximate surface area is 156 Å². The third-order valence-electron chi connectivity index (χ3n) is 4.52. The summed E-state index contributed by atoms with van der Waals surface area (Å²) in [5.74, 6) is 0.766. The van der Waals surface area contributed by atoms with Crippen LogP contribution in [0.3, 0.4) is 0 Å². The topological polar surface area (TPSA) is 56.9 Å². The molecule has 0 saturated heterocycles. The first-order valence-corrected chi connectivity index (χ1v) is 9.68. The molecule has 0 aliphatic carbocycles. The molecular formula is C20H23N3O2S. The Kier molecular flexibility index (Phi) is 5.32. The third-order valence-corrected chi connectivity index (χ3v) is 5.75. The van der Waals surface area contributed by atoms with Gasteiger partial charge in [0.15, 0.2) is 0 Å². The van der Waals surface area contributed by atoms with Crippen LogP contribution in [-0.4, -0.2) is 14.1 Å². The van der Waals surface area contributed by atoms with E-state index in [0.29, 0.717) is 11.0 Å². The number of benzene rings is 1. The molecule has 0 amide bonds. The zero-order valence-corrected chi connectivity index (χ0v) is 16.4. The van der Waals surface area contributed by atoms with E-state index in [1.165, 1.54) is 22.7 Å². The van der Waals surface area contributed by atoms with E-state index in [1.807, 2.05) is 6.20 Å². The monoisotopic (exact) mass is 369 g/mol. The minimum absolute atomic E-state index is 0.278. The van der Waals surface area contributed by atoms with E-state index < -0.39 is 0 Å². The molecule has 5 nitrogen and oxygen atoms in total. The Bertz CT molecular complexity index is 1070.